The molecule has 0 unspecified atom stereocenters. The molecule has 0 heterocycles. The third-order valence-electron chi connectivity index (χ3n) is 6.35. The fourth-order valence-electron chi connectivity index (χ4n) is 4.39. The van der Waals surface area contributed by atoms with Crippen LogP contribution in [-0.4, -0.2) is 39.3 Å². The molecule has 3 aromatic carbocycles. The molecule has 0 atom stereocenters. The van der Waals surface area contributed by atoms with Gasteiger partial charge in [-0.1, -0.05) is 36.5 Å². The molecule has 0 aliphatic carbocycles. The number of phosphoric acid groups is 1. The Morgan fingerprint density at radius 2 is 0.636 bits per heavy atom. The molecule has 0 aliphatic rings. The van der Waals surface area contributed by atoms with E-state index in [9.17, 15) is 4.57 Å². The highest BCUT2D eigenvalue weighted by atomic mass is 31.2. The minimum Gasteiger partial charge on any atom is -0.386 e. The maximum atomic E-state index is 14.2. The molecule has 7 nitrogen and oxygen atoms in total. The second-order valence-corrected chi connectivity index (χ2v) is 11.1. The van der Waals surface area contributed by atoms with E-state index < -0.39 is 7.82 Å². The fraction of sp³-hybridized carbons (Fsp3) is 0.167. The first kappa shape index (κ1) is 33.6. The molecule has 0 amide bonds. The summed E-state index contributed by atoms with van der Waals surface area (Å²) in [5, 5.41) is 0. The van der Waals surface area contributed by atoms with Gasteiger partial charge in [-0.15, -0.1) is 39.5 Å². The summed E-state index contributed by atoms with van der Waals surface area (Å²) in [6.07, 6.45) is 10.9. The van der Waals surface area contributed by atoms with Crippen molar-refractivity contribution in [2.75, 3.05) is 54.0 Å². The van der Waals surface area contributed by atoms with Crippen molar-refractivity contribution in [3.63, 3.8) is 0 Å². The Kier molecular flexibility index (Phi) is 13.2. The van der Waals surface area contributed by atoms with Crippen LogP contribution in [0.2, 0.25) is 0 Å². The zero-order chi connectivity index (χ0) is 31.8. The van der Waals surface area contributed by atoms with Crippen molar-refractivity contribution in [1.29, 1.82) is 0 Å². The van der Waals surface area contributed by atoms with E-state index in [1.807, 2.05) is 72.9 Å². The van der Waals surface area contributed by atoms with Gasteiger partial charge in [0.05, 0.1) is 0 Å². The van der Waals surface area contributed by atoms with Crippen molar-refractivity contribution in [1.82, 2.24) is 0 Å². The Hall–Kier alpha value is -4.87. The highest BCUT2D eigenvalue weighted by molar-refractivity contribution is 7.49. The van der Waals surface area contributed by atoms with Gasteiger partial charge >= 0.3 is 7.82 Å². The number of rotatable bonds is 21. The van der Waals surface area contributed by atoms with Crippen molar-refractivity contribution in [2.24, 2.45) is 0 Å². The van der Waals surface area contributed by atoms with Gasteiger partial charge in [-0.2, -0.15) is 4.57 Å². The van der Waals surface area contributed by atoms with E-state index in [0.717, 1.165) is 17.1 Å². The molecule has 3 aromatic rings. The number of nitrogens with zero attached hydrogens (tertiary/aromatic N) is 3. The number of phosphoric ester groups is 1. The smallest absolute Gasteiger partial charge is 0.386 e. The SMILES string of the molecule is C=CCN(CC=C)c1ccc(OP(=O)(Oc2ccc(N(CC=C)CC=C)cc2)Oc2ccc(N(CC=C)CC=C)cc2)cc1. The highest BCUT2D eigenvalue weighted by Gasteiger charge is 2.33. The van der Waals surface area contributed by atoms with Crippen LogP contribution in [0.1, 0.15) is 0 Å². The van der Waals surface area contributed by atoms with E-state index in [1.165, 1.54) is 0 Å². The number of hydrogen-bond acceptors (Lipinski definition) is 7. The molecular weight excluding hydrogens is 569 g/mol. The summed E-state index contributed by atoms with van der Waals surface area (Å²) < 4.78 is 32.1. The summed E-state index contributed by atoms with van der Waals surface area (Å²) >= 11 is 0. The minimum atomic E-state index is -4.22. The van der Waals surface area contributed by atoms with Crippen LogP contribution in [0.15, 0.2) is 149 Å². The summed E-state index contributed by atoms with van der Waals surface area (Å²) in [5.41, 5.74) is 2.81. The highest BCUT2D eigenvalue weighted by Crippen LogP contribution is 2.50. The zero-order valence-corrected chi connectivity index (χ0v) is 26.2. The third kappa shape index (κ3) is 9.85. The molecule has 0 radical (unpaired) electrons. The standard InChI is InChI=1S/C36H42N3O4P/c1-7-25-37(26-8-2)31-13-19-34(20-14-31)41-44(40,42-35-21-15-32(16-22-35)38(27-9-3)28-10-4)43-36-23-17-33(18-24-36)39(29-11-5)30-12-6/h7-24H,1-6,25-30H2. The number of anilines is 3. The zero-order valence-electron chi connectivity index (χ0n) is 25.3. The lowest BCUT2D eigenvalue weighted by molar-refractivity contribution is 0.298. The predicted molar refractivity (Wildman–Crippen MR) is 187 cm³/mol. The average molecular weight is 612 g/mol. The average Bonchev–Trinajstić information content (AvgIpc) is 3.02. The van der Waals surface area contributed by atoms with Gasteiger partial charge in [-0.25, -0.2) is 0 Å². The van der Waals surface area contributed by atoms with Crippen molar-refractivity contribution < 1.29 is 18.1 Å². The monoisotopic (exact) mass is 611 g/mol. The van der Waals surface area contributed by atoms with Crippen LogP contribution in [0.5, 0.6) is 17.2 Å². The molecule has 0 aliphatic heterocycles. The van der Waals surface area contributed by atoms with Gasteiger partial charge in [0.2, 0.25) is 0 Å². The van der Waals surface area contributed by atoms with Crippen LogP contribution >= 0.6 is 7.82 Å². The van der Waals surface area contributed by atoms with Gasteiger partial charge in [0.25, 0.3) is 0 Å². The third-order valence-corrected chi connectivity index (χ3v) is 7.66. The summed E-state index contributed by atoms with van der Waals surface area (Å²) in [7, 11) is -4.22. The lowest BCUT2D eigenvalue weighted by Crippen LogP contribution is -2.23. The molecular formula is C36H42N3O4P. The Labute approximate surface area is 262 Å². The first-order valence-corrected chi connectivity index (χ1v) is 15.7. The van der Waals surface area contributed by atoms with Crippen LogP contribution in [0, 0.1) is 0 Å². The maximum Gasteiger partial charge on any atom is 0.647 e. The molecule has 0 saturated carbocycles. The predicted octanol–water partition coefficient (Wildman–Crippen LogP) is 8.87. The van der Waals surface area contributed by atoms with Gasteiger partial charge in [0.15, 0.2) is 0 Å². The van der Waals surface area contributed by atoms with Gasteiger partial charge < -0.3 is 28.3 Å². The molecule has 0 saturated heterocycles. The van der Waals surface area contributed by atoms with Crippen LogP contribution in [0.3, 0.4) is 0 Å². The largest absolute Gasteiger partial charge is 0.647 e. The molecule has 0 N–H and O–H groups in total. The summed E-state index contributed by atoms with van der Waals surface area (Å²) in [6, 6.07) is 21.6. The minimum absolute atomic E-state index is 0.328. The first-order chi connectivity index (χ1) is 21.4. The molecule has 3 rings (SSSR count). The summed E-state index contributed by atoms with van der Waals surface area (Å²) in [5.74, 6) is 0.983. The van der Waals surface area contributed by atoms with Gasteiger partial charge in [0, 0.05) is 56.3 Å². The fourth-order valence-corrected chi connectivity index (χ4v) is 5.64. The van der Waals surface area contributed by atoms with Gasteiger partial charge in [-0.05, 0) is 72.8 Å². The number of hydrogen-bond donors (Lipinski definition) is 0. The van der Waals surface area contributed by atoms with Crippen LogP contribution in [0.4, 0.5) is 17.1 Å². The Morgan fingerprint density at radius 3 is 0.818 bits per heavy atom. The van der Waals surface area contributed by atoms with Crippen molar-refractivity contribution >= 4 is 24.9 Å². The normalized spacial score (nSPS) is 10.5. The van der Waals surface area contributed by atoms with E-state index in [4.69, 9.17) is 13.6 Å². The molecule has 0 fully saturated rings. The van der Waals surface area contributed by atoms with Gasteiger partial charge in [0.1, 0.15) is 17.2 Å². The second kappa shape index (κ2) is 17.3. The molecule has 0 spiro atoms. The van der Waals surface area contributed by atoms with Crippen molar-refractivity contribution in [3.05, 3.63) is 149 Å². The Bertz CT molecular complexity index is 1230. The van der Waals surface area contributed by atoms with Crippen molar-refractivity contribution in [3.8, 4) is 17.2 Å². The van der Waals surface area contributed by atoms with Crippen molar-refractivity contribution in [2.45, 2.75) is 0 Å². The second-order valence-electron chi connectivity index (χ2n) is 9.65. The first-order valence-electron chi connectivity index (χ1n) is 14.3. The van der Waals surface area contributed by atoms with Crippen LogP contribution < -0.4 is 28.3 Å². The molecule has 44 heavy (non-hydrogen) atoms. The molecule has 0 aromatic heterocycles. The quantitative estimate of drug-likeness (QED) is 0.0881. The van der Waals surface area contributed by atoms with E-state index in [2.05, 4.69) is 54.2 Å². The van der Waals surface area contributed by atoms with E-state index >= 15 is 0 Å². The lowest BCUT2D eigenvalue weighted by atomic mass is 10.2. The van der Waals surface area contributed by atoms with E-state index in [-0.39, 0.29) is 0 Å². The maximum absolute atomic E-state index is 14.2. The van der Waals surface area contributed by atoms with Crippen LogP contribution in [0.25, 0.3) is 0 Å². The number of benzene rings is 3. The molecule has 8 heteroatoms. The summed E-state index contributed by atoms with van der Waals surface area (Å²) in [6.45, 7) is 26.9. The van der Waals surface area contributed by atoms with E-state index in [0.29, 0.717) is 56.5 Å². The summed E-state index contributed by atoms with van der Waals surface area (Å²) in [4.78, 5) is 6.26. The lowest BCUT2D eigenvalue weighted by Gasteiger charge is -2.24. The van der Waals surface area contributed by atoms with Gasteiger partial charge in [-0.3, -0.25) is 0 Å². The molecule has 230 valence electrons. The Morgan fingerprint density at radius 1 is 0.432 bits per heavy atom. The van der Waals surface area contributed by atoms with Crippen LogP contribution in [-0.2, 0) is 4.57 Å². The Balaban J connectivity index is 1.89. The topological polar surface area (TPSA) is 54.5 Å². The van der Waals surface area contributed by atoms with E-state index in [1.54, 1.807) is 36.4 Å². The molecule has 0 bridgehead atoms.